The molecule has 3 heterocycles. The monoisotopic (exact) mass is 440 g/mol. The quantitative estimate of drug-likeness (QED) is 0.482. The summed E-state index contributed by atoms with van der Waals surface area (Å²) >= 11 is 7.68. The van der Waals surface area contributed by atoms with E-state index in [-0.39, 0.29) is 5.91 Å². The molecule has 3 aromatic heterocycles. The van der Waals surface area contributed by atoms with E-state index < -0.39 is 0 Å². The largest absolute Gasteiger partial charge is 0.302 e. The highest BCUT2D eigenvalue weighted by Crippen LogP contribution is 2.24. The Balaban J connectivity index is 1.37. The van der Waals surface area contributed by atoms with E-state index in [9.17, 15) is 4.79 Å². The number of hydrogen-bond donors (Lipinski definition) is 1. The second-order valence-corrected chi connectivity index (χ2v) is 8.70. The predicted octanol–water partition coefficient (Wildman–Crippen LogP) is 4.32. The minimum Gasteiger partial charge on any atom is -0.302 e. The number of hydrogen-bond acceptors (Lipinski definition) is 6. The number of nitrogens with one attached hydrogen (secondary N) is 1. The van der Waals surface area contributed by atoms with Gasteiger partial charge in [-0.2, -0.15) is 10.1 Å². The molecular weight excluding hydrogens is 420 g/mol. The lowest BCUT2D eigenvalue weighted by Gasteiger charge is -2.10. The van der Waals surface area contributed by atoms with Crippen LogP contribution in [0.15, 0.2) is 30.7 Å². The summed E-state index contributed by atoms with van der Waals surface area (Å²) in [5.41, 5.74) is 5.01. The molecule has 0 unspecified atom stereocenters. The molecule has 0 aliphatic rings. The number of thiazole rings is 1. The molecule has 0 saturated heterocycles. The van der Waals surface area contributed by atoms with Crippen molar-refractivity contribution >= 4 is 39.8 Å². The summed E-state index contributed by atoms with van der Waals surface area (Å²) in [7, 11) is 0. The van der Waals surface area contributed by atoms with Crippen LogP contribution in [0.4, 0.5) is 5.13 Å². The summed E-state index contributed by atoms with van der Waals surface area (Å²) in [6.45, 7) is 5.88. The van der Waals surface area contributed by atoms with Crippen LogP contribution in [0.3, 0.4) is 0 Å². The molecule has 30 heavy (non-hydrogen) atoms. The molecule has 0 fully saturated rings. The van der Waals surface area contributed by atoms with Gasteiger partial charge >= 0.3 is 0 Å². The van der Waals surface area contributed by atoms with Crippen LogP contribution >= 0.6 is 22.9 Å². The van der Waals surface area contributed by atoms with E-state index in [0.29, 0.717) is 23.8 Å². The molecule has 7 nitrogen and oxygen atoms in total. The Morgan fingerprint density at radius 2 is 2.07 bits per heavy atom. The summed E-state index contributed by atoms with van der Waals surface area (Å²) in [4.78, 5) is 26.4. The van der Waals surface area contributed by atoms with Crippen LogP contribution in [0.1, 0.15) is 39.4 Å². The minimum atomic E-state index is -0.0771. The number of nitrogens with zero attached hydrogens (tertiary/aromatic N) is 5. The number of halogens is 1. The van der Waals surface area contributed by atoms with Gasteiger partial charge in [0.1, 0.15) is 6.33 Å². The topological polar surface area (TPSA) is 85.1 Å². The van der Waals surface area contributed by atoms with Gasteiger partial charge in [0.25, 0.3) is 5.78 Å². The average molecular weight is 441 g/mol. The van der Waals surface area contributed by atoms with Gasteiger partial charge < -0.3 is 5.32 Å². The van der Waals surface area contributed by atoms with Crippen molar-refractivity contribution in [3.63, 3.8) is 0 Å². The maximum Gasteiger partial charge on any atom is 0.252 e. The van der Waals surface area contributed by atoms with E-state index in [0.717, 1.165) is 44.4 Å². The highest BCUT2D eigenvalue weighted by Gasteiger charge is 2.14. The Morgan fingerprint density at radius 3 is 2.87 bits per heavy atom. The van der Waals surface area contributed by atoms with Gasteiger partial charge in [-0.3, -0.25) is 4.79 Å². The van der Waals surface area contributed by atoms with Gasteiger partial charge in [-0.1, -0.05) is 23.7 Å². The van der Waals surface area contributed by atoms with Crippen LogP contribution in [0.2, 0.25) is 5.02 Å². The van der Waals surface area contributed by atoms with Gasteiger partial charge in [0.2, 0.25) is 5.91 Å². The summed E-state index contributed by atoms with van der Waals surface area (Å²) in [6.07, 6.45) is 4.93. The van der Waals surface area contributed by atoms with Crippen LogP contribution in [0.5, 0.6) is 0 Å². The molecule has 1 N–H and O–H groups in total. The standard InChI is InChI=1S/C21H21ClN6OS/c1-12-4-5-15(9-18(12)22)8-16-10-23-21(30-16)27-19(29)7-6-17-13(2)26-20-24-11-25-28(20)14(17)3/h4-5,9-11H,6-8H2,1-3H3,(H,23,27,29). The maximum atomic E-state index is 12.5. The molecule has 0 atom stereocenters. The lowest BCUT2D eigenvalue weighted by atomic mass is 10.1. The third kappa shape index (κ3) is 4.34. The molecule has 0 spiro atoms. The summed E-state index contributed by atoms with van der Waals surface area (Å²) in [6, 6.07) is 6.04. The van der Waals surface area contributed by atoms with Gasteiger partial charge in [-0.05, 0) is 49.9 Å². The van der Waals surface area contributed by atoms with E-state index in [1.165, 1.54) is 17.7 Å². The van der Waals surface area contributed by atoms with E-state index in [4.69, 9.17) is 11.6 Å². The zero-order chi connectivity index (χ0) is 21.3. The molecule has 0 radical (unpaired) electrons. The number of aryl methyl sites for hydroxylation is 3. The van der Waals surface area contributed by atoms with Crippen LogP contribution in [0, 0.1) is 20.8 Å². The fraction of sp³-hybridized carbons (Fsp3) is 0.286. The second kappa shape index (κ2) is 8.49. The first kappa shape index (κ1) is 20.4. The van der Waals surface area contributed by atoms with Crippen LogP contribution < -0.4 is 5.32 Å². The number of amides is 1. The average Bonchev–Trinajstić information content (AvgIpc) is 3.34. The molecule has 1 amide bonds. The zero-order valence-electron chi connectivity index (χ0n) is 16.9. The molecule has 1 aromatic carbocycles. The number of anilines is 1. The van der Waals surface area contributed by atoms with Crippen LogP contribution in [-0.2, 0) is 17.6 Å². The normalized spacial score (nSPS) is 11.2. The Hall–Kier alpha value is -2.84. The number of rotatable bonds is 6. The van der Waals surface area contributed by atoms with Gasteiger partial charge in [-0.15, -0.1) is 11.3 Å². The lowest BCUT2D eigenvalue weighted by Crippen LogP contribution is -2.14. The first-order chi connectivity index (χ1) is 14.4. The third-order valence-electron chi connectivity index (χ3n) is 5.01. The Labute approximate surface area is 183 Å². The summed E-state index contributed by atoms with van der Waals surface area (Å²) in [5, 5.41) is 8.45. The fourth-order valence-corrected chi connectivity index (χ4v) is 4.40. The number of benzene rings is 1. The zero-order valence-corrected chi connectivity index (χ0v) is 18.5. The third-order valence-corrected chi connectivity index (χ3v) is 6.33. The van der Waals surface area contributed by atoms with Crippen molar-refractivity contribution < 1.29 is 4.79 Å². The lowest BCUT2D eigenvalue weighted by molar-refractivity contribution is -0.116. The molecule has 154 valence electrons. The number of aromatic nitrogens is 5. The van der Waals surface area contributed by atoms with Crippen molar-refractivity contribution in [2.75, 3.05) is 5.32 Å². The predicted molar refractivity (Wildman–Crippen MR) is 118 cm³/mol. The number of carbonyl (C=O) groups excluding carboxylic acids is 1. The highest BCUT2D eigenvalue weighted by atomic mass is 35.5. The maximum absolute atomic E-state index is 12.5. The number of fused-ring (bicyclic) bond motifs is 1. The summed E-state index contributed by atoms with van der Waals surface area (Å²) < 4.78 is 1.70. The molecule has 0 aliphatic heterocycles. The van der Waals surface area contributed by atoms with E-state index >= 15 is 0 Å². The van der Waals surface area contributed by atoms with Crippen LogP contribution in [-0.4, -0.2) is 30.5 Å². The Kier molecular flexibility index (Phi) is 5.78. The van der Waals surface area contributed by atoms with Crippen molar-refractivity contribution in [3.05, 3.63) is 68.7 Å². The van der Waals surface area contributed by atoms with Crippen molar-refractivity contribution in [3.8, 4) is 0 Å². The molecule has 9 heteroatoms. The smallest absolute Gasteiger partial charge is 0.252 e. The first-order valence-corrected chi connectivity index (χ1v) is 10.8. The van der Waals surface area contributed by atoms with Crippen LogP contribution in [0.25, 0.3) is 5.78 Å². The molecule has 0 saturated carbocycles. The number of carbonyl (C=O) groups is 1. The van der Waals surface area contributed by atoms with Gasteiger partial charge in [0, 0.05) is 40.3 Å². The minimum absolute atomic E-state index is 0.0771. The van der Waals surface area contributed by atoms with Gasteiger partial charge in [-0.25, -0.2) is 14.5 Å². The molecule has 0 bridgehead atoms. The SMILES string of the molecule is Cc1ccc(Cc2cnc(NC(=O)CCc3c(C)nc4ncnn4c3C)s2)cc1Cl. The first-order valence-electron chi connectivity index (χ1n) is 9.56. The van der Waals surface area contributed by atoms with Gasteiger partial charge in [0.05, 0.1) is 0 Å². The van der Waals surface area contributed by atoms with E-state index in [1.807, 2.05) is 32.9 Å². The summed E-state index contributed by atoms with van der Waals surface area (Å²) in [5.74, 6) is 0.496. The van der Waals surface area contributed by atoms with E-state index in [2.05, 4.69) is 31.4 Å². The molecular formula is C21H21ClN6OS. The van der Waals surface area contributed by atoms with Gasteiger partial charge in [0.15, 0.2) is 5.13 Å². The highest BCUT2D eigenvalue weighted by molar-refractivity contribution is 7.15. The molecule has 4 rings (SSSR count). The van der Waals surface area contributed by atoms with Crippen molar-refractivity contribution in [1.29, 1.82) is 0 Å². The van der Waals surface area contributed by atoms with Crippen molar-refractivity contribution in [2.45, 2.75) is 40.0 Å². The van der Waals surface area contributed by atoms with E-state index in [1.54, 1.807) is 10.7 Å². The van der Waals surface area contributed by atoms with Crippen molar-refractivity contribution in [2.24, 2.45) is 0 Å². The fourth-order valence-electron chi connectivity index (χ4n) is 3.33. The second-order valence-electron chi connectivity index (χ2n) is 7.17. The molecule has 0 aliphatic carbocycles. The molecule has 4 aromatic rings. The Bertz CT molecular complexity index is 1230. The van der Waals surface area contributed by atoms with Crippen molar-refractivity contribution in [1.82, 2.24) is 24.6 Å². The Morgan fingerprint density at radius 1 is 1.23 bits per heavy atom.